The largest absolute Gasteiger partial charge is 0.397 e. The highest BCUT2D eigenvalue weighted by Crippen LogP contribution is 2.13. The zero-order valence-corrected chi connectivity index (χ0v) is 6.30. The van der Waals surface area contributed by atoms with E-state index < -0.39 is 0 Å². The SMILES string of the molecule is Nc1cnc2c(c1)CCNC2. The van der Waals surface area contributed by atoms with E-state index in [1.54, 1.807) is 6.20 Å². The number of nitrogens with two attached hydrogens (primary N) is 1. The lowest BCUT2D eigenvalue weighted by atomic mass is 10.1. The van der Waals surface area contributed by atoms with Crippen LogP contribution in [0.4, 0.5) is 5.69 Å². The normalized spacial score (nSPS) is 16.0. The van der Waals surface area contributed by atoms with Gasteiger partial charge < -0.3 is 11.1 Å². The lowest BCUT2D eigenvalue weighted by Crippen LogP contribution is -2.24. The van der Waals surface area contributed by atoms with E-state index in [2.05, 4.69) is 10.3 Å². The van der Waals surface area contributed by atoms with Crippen molar-refractivity contribution in [2.45, 2.75) is 13.0 Å². The monoisotopic (exact) mass is 149 g/mol. The summed E-state index contributed by atoms with van der Waals surface area (Å²) in [5, 5.41) is 3.26. The number of hydrogen-bond acceptors (Lipinski definition) is 3. The lowest BCUT2D eigenvalue weighted by Gasteiger charge is -2.15. The van der Waals surface area contributed by atoms with Crippen molar-refractivity contribution in [1.82, 2.24) is 10.3 Å². The highest BCUT2D eigenvalue weighted by atomic mass is 14.9. The second-order valence-corrected chi connectivity index (χ2v) is 2.80. The van der Waals surface area contributed by atoms with Crippen molar-refractivity contribution < 1.29 is 0 Å². The van der Waals surface area contributed by atoms with Crippen molar-refractivity contribution >= 4 is 5.69 Å². The summed E-state index contributed by atoms with van der Waals surface area (Å²) in [4.78, 5) is 4.23. The van der Waals surface area contributed by atoms with Crippen molar-refractivity contribution in [3.05, 3.63) is 23.5 Å². The van der Waals surface area contributed by atoms with Gasteiger partial charge in [0, 0.05) is 6.54 Å². The first-order chi connectivity index (χ1) is 5.36. The van der Waals surface area contributed by atoms with Crippen molar-refractivity contribution in [2.75, 3.05) is 12.3 Å². The Morgan fingerprint density at radius 1 is 1.55 bits per heavy atom. The van der Waals surface area contributed by atoms with E-state index in [0.717, 1.165) is 30.9 Å². The van der Waals surface area contributed by atoms with Crippen molar-refractivity contribution in [2.24, 2.45) is 0 Å². The third-order valence-corrected chi connectivity index (χ3v) is 1.94. The summed E-state index contributed by atoms with van der Waals surface area (Å²) in [5.74, 6) is 0. The zero-order chi connectivity index (χ0) is 7.68. The van der Waals surface area contributed by atoms with Crippen LogP contribution in [-0.4, -0.2) is 11.5 Å². The van der Waals surface area contributed by atoms with Crippen LogP contribution in [0.2, 0.25) is 0 Å². The van der Waals surface area contributed by atoms with Crippen LogP contribution in [0, 0.1) is 0 Å². The summed E-state index contributed by atoms with van der Waals surface area (Å²) < 4.78 is 0. The molecule has 11 heavy (non-hydrogen) atoms. The van der Waals surface area contributed by atoms with Gasteiger partial charge in [-0.25, -0.2) is 0 Å². The van der Waals surface area contributed by atoms with E-state index in [9.17, 15) is 0 Å². The zero-order valence-electron chi connectivity index (χ0n) is 6.30. The van der Waals surface area contributed by atoms with Crippen LogP contribution >= 0.6 is 0 Å². The molecule has 0 unspecified atom stereocenters. The maximum atomic E-state index is 5.60. The van der Waals surface area contributed by atoms with Gasteiger partial charge >= 0.3 is 0 Å². The molecule has 3 nitrogen and oxygen atoms in total. The fourth-order valence-corrected chi connectivity index (χ4v) is 1.36. The number of nitrogens with one attached hydrogen (secondary N) is 1. The molecule has 1 aliphatic rings. The molecular weight excluding hydrogens is 138 g/mol. The number of nitrogen functional groups attached to an aromatic ring is 1. The molecule has 0 saturated heterocycles. The second kappa shape index (κ2) is 2.51. The van der Waals surface area contributed by atoms with Gasteiger partial charge in [-0.15, -0.1) is 0 Å². The van der Waals surface area contributed by atoms with Crippen LogP contribution < -0.4 is 11.1 Å². The van der Waals surface area contributed by atoms with Crippen LogP contribution in [0.15, 0.2) is 12.3 Å². The molecule has 3 N–H and O–H groups in total. The summed E-state index contributed by atoms with van der Waals surface area (Å²) in [6, 6.07) is 2.02. The number of fused-ring (bicyclic) bond motifs is 1. The third kappa shape index (κ3) is 1.19. The predicted molar refractivity (Wildman–Crippen MR) is 44.1 cm³/mol. The summed E-state index contributed by atoms with van der Waals surface area (Å²) in [6.45, 7) is 1.92. The Bertz CT molecular complexity index is 270. The molecule has 1 aromatic heterocycles. The topological polar surface area (TPSA) is 50.9 Å². The Labute approximate surface area is 65.6 Å². The van der Waals surface area contributed by atoms with E-state index >= 15 is 0 Å². The molecule has 0 spiro atoms. The number of nitrogens with zero attached hydrogens (tertiary/aromatic N) is 1. The number of rotatable bonds is 0. The Morgan fingerprint density at radius 3 is 3.36 bits per heavy atom. The summed E-state index contributed by atoms with van der Waals surface area (Å²) >= 11 is 0. The molecule has 0 amide bonds. The smallest absolute Gasteiger partial charge is 0.0575 e. The summed E-state index contributed by atoms with van der Waals surface area (Å²) in [5.41, 5.74) is 8.81. The minimum Gasteiger partial charge on any atom is -0.397 e. The van der Waals surface area contributed by atoms with Gasteiger partial charge in [-0.2, -0.15) is 0 Å². The first-order valence-electron chi connectivity index (χ1n) is 3.80. The average molecular weight is 149 g/mol. The van der Waals surface area contributed by atoms with E-state index in [1.165, 1.54) is 5.56 Å². The van der Waals surface area contributed by atoms with Crippen LogP contribution in [0.25, 0.3) is 0 Å². The van der Waals surface area contributed by atoms with E-state index in [-0.39, 0.29) is 0 Å². The third-order valence-electron chi connectivity index (χ3n) is 1.94. The van der Waals surface area contributed by atoms with Crippen LogP contribution in [0.3, 0.4) is 0 Å². The lowest BCUT2D eigenvalue weighted by molar-refractivity contribution is 0.628. The van der Waals surface area contributed by atoms with Crippen LogP contribution in [0.1, 0.15) is 11.3 Å². The second-order valence-electron chi connectivity index (χ2n) is 2.80. The molecular formula is C8H11N3. The molecule has 0 bridgehead atoms. The summed E-state index contributed by atoms with van der Waals surface area (Å²) in [6.07, 6.45) is 2.76. The molecule has 2 heterocycles. The molecule has 0 fully saturated rings. The predicted octanol–water partition coefficient (Wildman–Crippen LogP) is 0.309. The Morgan fingerprint density at radius 2 is 2.45 bits per heavy atom. The van der Waals surface area contributed by atoms with Gasteiger partial charge in [0.2, 0.25) is 0 Å². The Balaban J connectivity index is 2.43. The quantitative estimate of drug-likeness (QED) is 0.558. The first kappa shape index (κ1) is 6.61. The average Bonchev–Trinajstić information content (AvgIpc) is 2.04. The maximum Gasteiger partial charge on any atom is 0.0575 e. The highest BCUT2D eigenvalue weighted by Gasteiger charge is 2.08. The van der Waals surface area contributed by atoms with E-state index in [0.29, 0.717) is 0 Å². The van der Waals surface area contributed by atoms with Crippen molar-refractivity contribution in [3.63, 3.8) is 0 Å². The number of aromatic nitrogens is 1. The molecule has 0 aliphatic carbocycles. The Kier molecular flexibility index (Phi) is 1.51. The molecule has 0 aromatic carbocycles. The molecule has 0 radical (unpaired) electrons. The van der Waals surface area contributed by atoms with Gasteiger partial charge in [0.1, 0.15) is 0 Å². The molecule has 1 aliphatic heterocycles. The van der Waals surface area contributed by atoms with E-state index in [4.69, 9.17) is 5.73 Å². The van der Waals surface area contributed by atoms with Gasteiger partial charge in [0.25, 0.3) is 0 Å². The molecule has 2 rings (SSSR count). The standard InChI is InChI=1S/C8H11N3/c9-7-3-6-1-2-10-5-8(6)11-4-7/h3-4,10H,1-2,5,9H2. The molecule has 58 valence electrons. The van der Waals surface area contributed by atoms with Gasteiger partial charge in [-0.1, -0.05) is 0 Å². The van der Waals surface area contributed by atoms with Crippen molar-refractivity contribution in [3.8, 4) is 0 Å². The van der Waals surface area contributed by atoms with Gasteiger partial charge in [-0.05, 0) is 24.6 Å². The van der Waals surface area contributed by atoms with Crippen molar-refractivity contribution in [1.29, 1.82) is 0 Å². The molecule has 3 heteroatoms. The molecule has 0 saturated carbocycles. The van der Waals surface area contributed by atoms with Gasteiger partial charge in [-0.3, -0.25) is 4.98 Å². The Hall–Kier alpha value is -1.09. The number of pyridine rings is 1. The molecule has 1 aromatic rings. The number of anilines is 1. The van der Waals surface area contributed by atoms with Gasteiger partial charge in [0.05, 0.1) is 17.6 Å². The maximum absolute atomic E-state index is 5.60. The van der Waals surface area contributed by atoms with E-state index in [1.807, 2.05) is 6.07 Å². The fourth-order valence-electron chi connectivity index (χ4n) is 1.36. The van der Waals surface area contributed by atoms with Crippen LogP contribution in [-0.2, 0) is 13.0 Å². The minimum atomic E-state index is 0.769. The molecule has 0 atom stereocenters. The highest BCUT2D eigenvalue weighted by molar-refractivity contribution is 5.40. The number of hydrogen-bond donors (Lipinski definition) is 2. The summed E-state index contributed by atoms with van der Waals surface area (Å²) in [7, 11) is 0. The van der Waals surface area contributed by atoms with Gasteiger partial charge in [0.15, 0.2) is 0 Å². The van der Waals surface area contributed by atoms with Crippen LogP contribution in [0.5, 0.6) is 0 Å². The minimum absolute atomic E-state index is 0.769. The fraction of sp³-hybridized carbons (Fsp3) is 0.375. The first-order valence-corrected chi connectivity index (χ1v) is 3.80.